The smallest absolute Gasteiger partial charge is 0.164 e. The molecule has 0 aromatic carbocycles. The summed E-state index contributed by atoms with van der Waals surface area (Å²) in [4.78, 5) is 11.6. The molecule has 0 fully saturated rings. The van der Waals surface area contributed by atoms with Crippen molar-refractivity contribution in [2.24, 2.45) is 0 Å². The van der Waals surface area contributed by atoms with Gasteiger partial charge in [0.25, 0.3) is 0 Å². The Morgan fingerprint density at radius 3 is 2.57 bits per heavy atom. The number of Topliss-reactive ketones (excluding diaryl/α,β-unsaturated/α-hetero) is 1. The van der Waals surface area contributed by atoms with Gasteiger partial charge in [-0.1, -0.05) is 6.92 Å². The first-order valence-electron chi connectivity index (χ1n) is 5.36. The van der Waals surface area contributed by atoms with Crippen LogP contribution in [0.25, 0.3) is 0 Å². The Hall–Kier alpha value is -0.410. The highest BCUT2D eigenvalue weighted by Crippen LogP contribution is 2.14. The molecule has 1 N–H and O–H groups in total. The van der Waals surface area contributed by atoms with E-state index in [-0.39, 0.29) is 5.78 Å². The van der Waals surface area contributed by atoms with Crippen LogP contribution in [-0.2, 0) is 9.53 Å². The Kier molecular flexibility index (Phi) is 6.75. The maximum absolute atomic E-state index is 11.6. The summed E-state index contributed by atoms with van der Waals surface area (Å²) >= 11 is 0. The number of rotatable bonds is 8. The fourth-order valence-electron chi connectivity index (χ4n) is 1.18. The molecule has 3 heteroatoms. The van der Waals surface area contributed by atoms with E-state index in [1.165, 1.54) is 0 Å². The maximum atomic E-state index is 11.6. The summed E-state index contributed by atoms with van der Waals surface area (Å²) in [5, 5.41) is 3.04. The van der Waals surface area contributed by atoms with Crippen molar-refractivity contribution in [1.29, 1.82) is 0 Å². The van der Waals surface area contributed by atoms with E-state index in [2.05, 4.69) is 5.32 Å². The van der Waals surface area contributed by atoms with Gasteiger partial charge in [0, 0.05) is 13.0 Å². The summed E-state index contributed by atoms with van der Waals surface area (Å²) in [5.41, 5.74) is -0.607. The van der Waals surface area contributed by atoms with E-state index in [0.29, 0.717) is 13.0 Å². The van der Waals surface area contributed by atoms with Gasteiger partial charge in [-0.2, -0.15) is 0 Å². The number of carbonyl (C=O) groups is 1. The van der Waals surface area contributed by atoms with Crippen molar-refractivity contribution >= 4 is 5.78 Å². The lowest BCUT2D eigenvalue weighted by Crippen LogP contribution is -2.35. The van der Waals surface area contributed by atoms with Gasteiger partial charge in [-0.05, 0) is 40.3 Å². The molecule has 0 aliphatic heterocycles. The minimum atomic E-state index is -0.607. The molecule has 3 nitrogen and oxygen atoms in total. The summed E-state index contributed by atoms with van der Waals surface area (Å²) in [7, 11) is 1.91. The van der Waals surface area contributed by atoms with Gasteiger partial charge < -0.3 is 10.1 Å². The lowest BCUT2D eigenvalue weighted by Gasteiger charge is -2.23. The third-order valence-electron chi connectivity index (χ3n) is 2.18. The molecule has 0 atom stereocenters. The summed E-state index contributed by atoms with van der Waals surface area (Å²) in [6.45, 7) is 7.28. The SMILES string of the molecule is CCCC(=O)C(C)(C)OCCCNC. The highest BCUT2D eigenvalue weighted by atomic mass is 16.5. The van der Waals surface area contributed by atoms with Gasteiger partial charge in [-0.3, -0.25) is 4.79 Å². The topological polar surface area (TPSA) is 38.3 Å². The summed E-state index contributed by atoms with van der Waals surface area (Å²) in [5.74, 6) is 0.199. The average Bonchev–Trinajstić information content (AvgIpc) is 2.13. The molecule has 0 aliphatic rings. The van der Waals surface area contributed by atoms with Crippen molar-refractivity contribution in [3.63, 3.8) is 0 Å². The van der Waals surface area contributed by atoms with Gasteiger partial charge in [0.05, 0.1) is 0 Å². The van der Waals surface area contributed by atoms with E-state index in [4.69, 9.17) is 4.74 Å². The van der Waals surface area contributed by atoms with Crippen molar-refractivity contribution in [2.75, 3.05) is 20.2 Å². The molecule has 0 aromatic rings. The number of nitrogens with one attached hydrogen (secondary N) is 1. The number of carbonyl (C=O) groups excluding carboxylic acids is 1. The number of ketones is 1. The normalized spacial score (nSPS) is 11.7. The molecule has 0 bridgehead atoms. The molecule has 0 aliphatic carbocycles. The van der Waals surface area contributed by atoms with Crippen molar-refractivity contribution in [3.8, 4) is 0 Å². The van der Waals surface area contributed by atoms with Gasteiger partial charge in [0.1, 0.15) is 5.60 Å². The number of ether oxygens (including phenoxy) is 1. The largest absolute Gasteiger partial charge is 0.368 e. The van der Waals surface area contributed by atoms with Crippen LogP contribution in [0.4, 0.5) is 0 Å². The molecular formula is C11H23NO2. The minimum absolute atomic E-state index is 0.199. The number of hydrogen-bond donors (Lipinski definition) is 1. The quantitative estimate of drug-likeness (QED) is 0.608. The zero-order valence-electron chi connectivity index (χ0n) is 9.85. The molecule has 0 heterocycles. The second-order valence-electron chi connectivity index (χ2n) is 3.99. The van der Waals surface area contributed by atoms with E-state index >= 15 is 0 Å². The zero-order valence-corrected chi connectivity index (χ0v) is 9.85. The first-order chi connectivity index (χ1) is 6.54. The molecule has 0 saturated heterocycles. The van der Waals surface area contributed by atoms with Gasteiger partial charge in [-0.25, -0.2) is 0 Å². The average molecular weight is 201 g/mol. The number of hydrogen-bond acceptors (Lipinski definition) is 3. The first kappa shape index (κ1) is 13.6. The van der Waals surface area contributed by atoms with Gasteiger partial charge in [0.2, 0.25) is 0 Å². The van der Waals surface area contributed by atoms with Crippen LogP contribution < -0.4 is 5.32 Å². The van der Waals surface area contributed by atoms with Crippen LogP contribution in [0.2, 0.25) is 0 Å². The summed E-state index contributed by atoms with van der Waals surface area (Å²) in [6, 6.07) is 0. The monoisotopic (exact) mass is 201 g/mol. The molecule has 0 aromatic heterocycles. The van der Waals surface area contributed by atoms with Crippen LogP contribution in [0.15, 0.2) is 0 Å². The Morgan fingerprint density at radius 1 is 1.43 bits per heavy atom. The molecule has 0 unspecified atom stereocenters. The van der Waals surface area contributed by atoms with Crippen molar-refractivity contribution in [1.82, 2.24) is 5.32 Å². The summed E-state index contributed by atoms with van der Waals surface area (Å²) in [6.07, 6.45) is 2.44. The van der Waals surface area contributed by atoms with Crippen LogP contribution in [0, 0.1) is 0 Å². The molecule has 0 rings (SSSR count). The Morgan fingerprint density at radius 2 is 2.07 bits per heavy atom. The van der Waals surface area contributed by atoms with Crippen LogP contribution >= 0.6 is 0 Å². The van der Waals surface area contributed by atoms with E-state index in [1.54, 1.807) is 0 Å². The van der Waals surface area contributed by atoms with Crippen molar-refractivity contribution in [3.05, 3.63) is 0 Å². The van der Waals surface area contributed by atoms with E-state index in [1.807, 2.05) is 27.8 Å². The van der Waals surface area contributed by atoms with Gasteiger partial charge >= 0.3 is 0 Å². The lowest BCUT2D eigenvalue weighted by molar-refractivity contribution is -0.140. The molecule has 14 heavy (non-hydrogen) atoms. The fourth-order valence-corrected chi connectivity index (χ4v) is 1.18. The first-order valence-corrected chi connectivity index (χ1v) is 5.36. The van der Waals surface area contributed by atoms with E-state index < -0.39 is 5.60 Å². The Labute approximate surface area is 87.2 Å². The van der Waals surface area contributed by atoms with Gasteiger partial charge in [-0.15, -0.1) is 0 Å². The highest BCUT2D eigenvalue weighted by molar-refractivity contribution is 5.86. The van der Waals surface area contributed by atoms with Crippen LogP contribution in [0.3, 0.4) is 0 Å². The van der Waals surface area contributed by atoms with Crippen LogP contribution in [-0.4, -0.2) is 31.6 Å². The Bertz CT molecular complexity index is 167. The highest BCUT2D eigenvalue weighted by Gasteiger charge is 2.26. The van der Waals surface area contributed by atoms with Crippen LogP contribution in [0.5, 0.6) is 0 Å². The maximum Gasteiger partial charge on any atom is 0.164 e. The molecular weight excluding hydrogens is 178 g/mol. The zero-order chi connectivity index (χ0) is 11.0. The lowest BCUT2D eigenvalue weighted by atomic mass is 10.00. The summed E-state index contributed by atoms with van der Waals surface area (Å²) < 4.78 is 5.56. The third-order valence-corrected chi connectivity index (χ3v) is 2.18. The minimum Gasteiger partial charge on any atom is -0.368 e. The van der Waals surface area contributed by atoms with E-state index in [9.17, 15) is 4.79 Å². The van der Waals surface area contributed by atoms with E-state index in [0.717, 1.165) is 19.4 Å². The molecule has 0 spiro atoms. The van der Waals surface area contributed by atoms with Crippen molar-refractivity contribution in [2.45, 2.75) is 45.6 Å². The second kappa shape index (κ2) is 6.96. The molecule has 0 radical (unpaired) electrons. The van der Waals surface area contributed by atoms with Crippen LogP contribution in [0.1, 0.15) is 40.0 Å². The molecule has 84 valence electrons. The molecule has 0 amide bonds. The van der Waals surface area contributed by atoms with Crippen molar-refractivity contribution < 1.29 is 9.53 Å². The fraction of sp³-hybridized carbons (Fsp3) is 0.909. The third kappa shape index (κ3) is 5.35. The molecule has 0 saturated carbocycles. The standard InChI is InChI=1S/C11H23NO2/c1-5-7-10(13)11(2,3)14-9-6-8-12-4/h12H,5-9H2,1-4H3. The van der Waals surface area contributed by atoms with Gasteiger partial charge in [0.15, 0.2) is 5.78 Å². The Balaban J connectivity index is 3.76. The second-order valence-corrected chi connectivity index (χ2v) is 3.99. The predicted octanol–water partition coefficient (Wildman–Crippen LogP) is 1.76. The predicted molar refractivity (Wildman–Crippen MR) is 58.5 cm³/mol.